The van der Waals surface area contributed by atoms with Crippen molar-refractivity contribution in [3.05, 3.63) is 64.1 Å². The van der Waals surface area contributed by atoms with Crippen LogP contribution in [-0.2, 0) is 6.54 Å². The Balaban J connectivity index is 1.48. The van der Waals surface area contributed by atoms with Crippen LogP contribution in [0.4, 0.5) is 0 Å². The van der Waals surface area contributed by atoms with Gasteiger partial charge >= 0.3 is 0 Å². The molecule has 134 valence electrons. The molecule has 2 aromatic heterocycles. The van der Waals surface area contributed by atoms with Gasteiger partial charge in [-0.15, -0.1) is 16.4 Å². The minimum atomic E-state index is -0.0170. The Morgan fingerprint density at radius 2 is 2.12 bits per heavy atom. The first-order chi connectivity index (χ1) is 12.7. The molecule has 3 aromatic rings. The lowest BCUT2D eigenvalue weighted by Gasteiger charge is -2.22. The minimum absolute atomic E-state index is 0.0170. The topological polar surface area (TPSA) is 63.1 Å². The first-order valence-electron chi connectivity index (χ1n) is 8.77. The van der Waals surface area contributed by atoms with E-state index in [4.69, 9.17) is 0 Å². The molecule has 3 heterocycles. The number of aromatic nitrogens is 3. The van der Waals surface area contributed by atoms with E-state index < -0.39 is 0 Å². The fourth-order valence-electron chi connectivity index (χ4n) is 3.40. The summed E-state index contributed by atoms with van der Waals surface area (Å²) in [6, 6.07) is 14.4. The maximum absolute atomic E-state index is 11.8. The number of rotatable bonds is 5. The number of nitrogens with zero attached hydrogens (tertiary/aromatic N) is 4. The highest BCUT2D eigenvalue weighted by Gasteiger charge is 2.28. The molecule has 1 N–H and O–H groups in total. The number of nitrogens with one attached hydrogen (secondary N) is 1. The van der Waals surface area contributed by atoms with E-state index in [0.29, 0.717) is 6.04 Å². The average molecular weight is 367 g/mol. The van der Waals surface area contributed by atoms with E-state index in [9.17, 15) is 4.79 Å². The quantitative estimate of drug-likeness (QED) is 0.753. The van der Waals surface area contributed by atoms with Gasteiger partial charge in [0.25, 0.3) is 5.91 Å². The Morgan fingerprint density at radius 3 is 2.92 bits per heavy atom. The van der Waals surface area contributed by atoms with Gasteiger partial charge in [-0.3, -0.25) is 9.69 Å². The van der Waals surface area contributed by atoms with E-state index >= 15 is 0 Å². The standard InChI is InChI=1S/C19H21N5OS/c1-20-19(25)18-10-9-17(26-18)16-8-5-11-23(16)12-14-13-24(22-21-14)15-6-3-2-4-7-15/h2-4,6-7,9-10,13,16H,5,8,11-12H2,1H3,(H,20,25). The van der Waals surface area contributed by atoms with Crippen molar-refractivity contribution in [3.8, 4) is 5.69 Å². The molecule has 7 heteroatoms. The van der Waals surface area contributed by atoms with Crippen LogP contribution in [0.15, 0.2) is 48.7 Å². The number of carbonyl (C=O) groups is 1. The van der Waals surface area contributed by atoms with Crippen LogP contribution in [0.25, 0.3) is 5.69 Å². The molecule has 1 amide bonds. The van der Waals surface area contributed by atoms with Crippen molar-refractivity contribution in [3.63, 3.8) is 0 Å². The van der Waals surface area contributed by atoms with Crippen LogP contribution >= 0.6 is 11.3 Å². The van der Waals surface area contributed by atoms with Crippen LogP contribution in [0, 0.1) is 0 Å². The predicted octanol–water partition coefficient (Wildman–Crippen LogP) is 3.03. The lowest BCUT2D eigenvalue weighted by atomic mass is 10.2. The second-order valence-electron chi connectivity index (χ2n) is 6.40. The maximum atomic E-state index is 11.8. The van der Waals surface area contributed by atoms with Gasteiger partial charge in [-0.1, -0.05) is 23.4 Å². The number of para-hydroxylation sites is 1. The van der Waals surface area contributed by atoms with Crippen molar-refractivity contribution in [1.82, 2.24) is 25.2 Å². The van der Waals surface area contributed by atoms with Crippen LogP contribution in [0.3, 0.4) is 0 Å². The minimum Gasteiger partial charge on any atom is -0.354 e. The van der Waals surface area contributed by atoms with Gasteiger partial charge in [0.05, 0.1) is 22.5 Å². The Labute approximate surface area is 156 Å². The van der Waals surface area contributed by atoms with Crippen LogP contribution in [0.2, 0.25) is 0 Å². The summed E-state index contributed by atoms with van der Waals surface area (Å²) >= 11 is 1.58. The molecule has 1 saturated heterocycles. The molecule has 26 heavy (non-hydrogen) atoms. The van der Waals surface area contributed by atoms with Gasteiger partial charge in [0.15, 0.2) is 0 Å². The Bertz CT molecular complexity index is 888. The molecule has 0 bridgehead atoms. The normalized spacial score (nSPS) is 17.5. The number of hydrogen-bond acceptors (Lipinski definition) is 5. The summed E-state index contributed by atoms with van der Waals surface area (Å²) in [4.78, 5) is 16.3. The van der Waals surface area contributed by atoms with Gasteiger partial charge in [-0.05, 0) is 43.7 Å². The molecular weight excluding hydrogens is 346 g/mol. The van der Waals surface area contributed by atoms with Crippen LogP contribution in [-0.4, -0.2) is 39.4 Å². The third-order valence-corrected chi connectivity index (χ3v) is 5.88. The van der Waals surface area contributed by atoms with Crippen molar-refractivity contribution in [2.45, 2.75) is 25.4 Å². The van der Waals surface area contributed by atoms with E-state index in [1.807, 2.05) is 47.3 Å². The third kappa shape index (κ3) is 3.40. The predicted molar refractivity (Wildman–Crippen MR) is 101 cm³/mol. The number of carbonyl (C=O) groups excluding carboxylic acids is 1. The number of benzene rings is 1. The molecule has 1 aliphatic rings. The highest BCUT2D eigenvalue weighted by Crippen LogP contribution is 2.36. The van der Waals surface area contributed by atoms with Crippen molar-refractivity contribution in [1.29, 1.82) is 0 Å². The van der Waals surface area contributed by atoms with E-state index in [1.165, 1.54) is 4.88 Å². The fourth-order valence-corrected chi connectivity index (χ4v) is 4.52. The van der Waals surface area contributed by atoms with E-state index in [2.05, 4.69) is 26.6 Å². The zero-order valence-corrected chi connectivity index (χ0v) is 15.4. The first-order valence-corrected chi connectivity index (χ1v) is 9.59. The summed E-state index contributed by atoms with van der Waals surface area (Å²) in [6.45, 7) is 1.81. The molecule has 0 saturated carbocycles. The zero-order valence-electron chi connectivity index (χ0n) is 14.6. The summed E-state index contributed by atoms with van der Waals surface area (Å²) in [5.74, 6) is -0.0170. The van der Waals surface area contributed by atoms with Crippen molar-refractivity contribution >= 4 is 17.2 Å². The lowest BCUT2D eigenvalue weighted by Crippen LogP contribution is -2.22. The highest BCUT2D eigenvalue weighted by atomic mass is 32.1. The van der Waals surface area contributed by atoms with Crippen LogP contribution < -0.4 is 5.32 Å². The fraction of sp³-hybridized carbons (Fsp3) is 0.316. The zero-order chi connectivity index (χ0) is 17.9. The molecule has 0 radical (unpaired) electrons. The second kappa shape index (κ2) is 7.39. The lowest BCUT2D eigenvalue weighted by molar-refractivity contribution is 0.0967. The number of amides is 1. The molecule has 1 aromatic carbocycles. The largest absolute Gasteiger partial charge is 0.354 e. The summed E-state index contributed by atoms with van der Waals surface area (Å²) < 4.78 is 1.81. The second-order valence-corrected chi connectivity index (χ2v) is 7.51. The molecule has 4 rings (SSSR count). The van der Waals surface area contributed by atoms with Crippen LogP contribution in [0.1, 0.15) is 39.1 Å². The van der Waals surface area contributed by atoms with E-state index in [0.717, 1.165) is 42.2 Å². The molecule has 1 fully saturated rings. The molecular formula is C19H21N5OS. The monoisotopic (exact) mass is 367 g/mol. The molecule has 0 aliphatic carbocycles. The maximum Gasteiger partial charge on any atom is 0.261 e. The average Bonchev–Trinajstić information content (AvgIpc) is 3.42. The Hall–Kier alpha value is -2.51. The smallest absolute Gasteiger partial charge is 0.261 e. The molecule has 1 atom stereocenters. The van der Waals surface area contributed by atoms with Gasteiger partial charge in [0.1, 0.15) is 0 Å². The van der Waals surface area contributed by atoms with Crippen molar-refractivity contribution < 1.29 is 4.79 Å². The molecule has 1 unspecified atom stereocenters. The van der Waals surface area contributed by atoms with Crippen molar-refractivity contribution in [2.24, 2.45) is 0 Å². The van der Waals surface area contributed by atoms with Gasteiger partial charge in [-0.2, -0.15) is 0 Å². The molecule has 0 spiro atoms. The summed E-state index contributed by atoms with van der Waals surface area (Å²) in [5, 5.41) is 11.3. The Kier molecular flexibility index (Phi) is 4.81. The third-order valence-electron chi connectivity index (χ3n) is 4.70. The summed E-state index contributed by atoms with van der Waals surface area (Å²) in [5.41, 5.74) is 1.97. The first kappa shape index (κ1) is 16.9. The Morgan fingerprint density at radius 1 is 1.27 bits per heavy atom. The van der Waals surface area contributed by atoms with Crippen LogP contribution in [0.5, 0.6) is 0 Å². The SMILES string of the molecule is CNC(=O)c1ccc(C2CCCN2Cc2cn(-c3ccccc3)nn2)s1. The van der Waals surface area contributed by atoms with Gasteiger partial charge in [0.2, 0.25) is 0 Å². The highest BCUT2D eigenvalue weighted by molar-refractivity contribution is 7.14. The summed E-state index contributed by atoms with van der Waals surface area (Å²) in [7, 11) is 1.67. The molecule has 1 aliphatic heterocycles. The van der Waals surface area contributed by atoms with E-state index in [1.54, 1.807) is 18.4 Å². The van der Waals surface area contributed by atoms with E-state index in [-0.39, 0.29) is 5.91 Å². The number of thiophene rings is 1. The van der Waals surface area contributed by atoms with Gasteiger partial charge in [0, 0.05) is 24.5 Å². The van der Waals surface area contributed by atoms with Gasteiger partial charge in [-0.25, -0.2) is 4.68 Å². The van der Waals surface area contributed by atoms with Crippen molar-refractivity contribution in [2.75, 3.05) is 13.6 Å². The summed E-state index contributed by atoms with van der Waals surface area (Å²) in [6.07, 6.45) is 4.26. The van der Waals surface area contributed by atoms with Gasteiger partial charge < -0.3 is 5.32 Å². The molecule has 6 nitrogen and oxygen atoms in total. The number of likely N-dealkylation sites (tertiary alicyclic amines) is 1. The number of hydrogen-bond donors (Lipinski definition) is 1.